The molecule has 2 aliphatic heterocycles. The van der Waals surface area contributed by atoms with Gasteiger partial charge in [0.1, 0.15) is 41.2 Å². The zero-order valence-electron chi connectivity index (χ0n) is 33.8. The number of nitriles is 1. The van der Waals surface area contributed by atoms with Crippen LogP contribution in [0.5, 0.6) is 0 Å². The van der Waals surface area contributed by atoms with Crippen LogP contribution in [0.1, 0.15) is 76.4 Å². The van der Waals surface area contributed by atoms with Crippen LogP contribution in [0, 0.1) is 29.1 Å². The standard InChI is InChI=1S/C44H47N9O6/c1-22(2)36(50-43(56)58-5)41(54)52-32-16-15-28(32)17-34(52)39-46-21-31(48-39)26-11-7-24(8-12-26)25-9-13-27(14-10-25)38-30(20-45)47-40(49-38)35-19-29-18-33(29)53(35)42(55)37(23(3)4)51-44(57)59-6/h7-14,16,21-23,29,32-37H,17-19H2,1-6H3,(H,46,48)(H,47,49)(H,50,56)(H,51,57)/t29?,32-,33?,34+,35+,36+,37+/m1/s1. The van der Waals surface area contributed by atoms with Crippen molar-refractivity contribution in [1.82, 2.24) is 40.4 Å². The first-order valence-corrected chi connectivity index (χ1v) is 20.0. The van der Waals surface area contributed by atoms with Crippen LogP contribution in [0.15, 0.2) is 72.1 Å². The van der Waals surface area contributed by atoms with Crippen molar-refractivity contribution in [2.75, 3.05) is 14.2 Å². The molecule has 15 nitrogen and oxygen atoms in total. The van der Waals surface area contributed by atoms with Crippen molar-refractivity contribution in [3.8, 4) is 39.7 Å². The molecule has 0 spiro atoms. The van der Waals surface area contributed by atoms with Crippen molar-refractivity contribution in [2.45, 2.75) is 83.2 Å². The van der Waals surface area contributed by atoms with Gasteiger partial charge in [-0.05, 0) is 47.8 Å². The molecule has 2 aromatic carbocycles. The van der Waals surface area contributed by atoms with E-state index in [2.05, 4.69) is 32.4 Å². The molecule has 2 aliphatic carbocycles. The second kappa shape index (κ2) is 15.6. The summed E-state index contributed by atoms with van der Waals surface area (Å²) >= 11 is 0. The second-order valence-corrected chi connectivity index (χ2v) is 16.3. The van der Waals surface area contributed by atoms with Gasteiger partial charge in [0.05, 0.1) is 38.0 Å². The SMILES string of the molecule is COC(=O)N[C@H](C(=O)N1C2CC2C[C@H]1c1nc(-c2ccc(-c3ccc(-c4c[nH]c([C@@H]5CC6=C=C[C@H]6N5C(=O)[C@@H](NC(=O)OC)C(C)C)n4)cc3)cc2)c(C#N)[nH]1)C(C)C. The maximum atomic E-state index is 13.9. The van der Waals surface area contributed by atoms with E-state index in [0.717, 1.165) is 46.4 Å². The summed E-state index contributed by atoms with van der Waals surface area (Å²) in [4.78, 5) is 71.9. The van der Waals surface area contributed by atoms with Crippen molar-refractivity contribution in [1.29, 1.82) is 5.26 Å². The van der Waals surface area contributed by atoms with Crippen LogP contribution in [0.4, 0.5) is 9.59 Å². The number of rotatable bonds is 11. The van der Waals surface area contributed by atoms with Crippen LogP contribution >= 0.6 is 0 Å². The first-order valence-electron chi connectivity index (χ1n) is 20.0. The topological polar surface area (TPSA) is 198 Å². The number of amides is 4. The monoisotopic (exact) mass is 797 g/mol. The molecule has 4 aromatic rings. The highest BCUT2D eigenvalue weighted by atomic mass is 16.5. The van der Waals surface area contributed by atoms with Gasteiger partial charge in [-0.15, -0.1) is 5.73 Å². The third-order valence-corrected chi connectivity index (χ3v) is 12.0. The Kier molecular flexibility index (Phi) is 10.4. The molecule has 8 rings (SSSR count). The van der Waals surface area contributed by atoms with E-state index in [4.69, 9.17) is 19.4 Å². The first kappa shape index (κ1) is 39.2. The molecule has 4 amide bonds. The van der Waals surface area contributed by atoms with Crippen LogP contribution in [0.2, 0.25) is 0 Å². The molecular weight excluding hydrogens is 751 g/mol. The molecule has 3 fully saturated rings. The number of aromatic amines is 2. The summed E-state index contributed by atoms with van der Waals surface area (Å²) in [7, 11) is 2.55. The first-order chi connectivity index (χ1) is 28.4. The summed E-state index contributed by atoms with van der Waals surface area (Å²) in [6.07, 6.45) is 4.64. The summed E-state index contributed by atoms with van der Waals surface area (Å²) < 4.78 is 9.57. The van der Waals surface area contributed by atoms with Crippen molar-refractivity contribution in [3.63, 3.8) is 0 Å². The third kappa shape index (κ3) is 7.25. The van der Waals surface area contributed by atoms with Crippen LogP contribution in [0.25, 0.3) is 33.6 Å². The van der Waals surface area contributed by atoms with Crippen molar-refractivity contribution in [3.05, 3.63) is 89.5 Å². The van der Waals surface area contributed by atoms with Gasteiger partial charge in [0, 0.05) is 35.4 Å². The number of hydrogen-bond acceptors (Lipinski definition) is 9. The van der Waals surface area contributed by atoms with Crippen LogP contribution < -0.4 is 10.6 Å². The molecule has 15 heteroatoms. The minimum atomic E-state index is -0.757. The number of methoxy groups -OCH3 is 2. The van der Waals surface area contributed by atoms with E-state index < -0.39 is 24.3 Å². The maximum absolute atomic E-state index is 13.9. The van der Waals surface area contributed by atoms with E-state index in [9.17, 15) is 24.4 Å². The number of piperidine rings is 1. The fourth-order valence-electron chi connectivity index (χ4n) is 8.61. The molecule has 4 N–H and O–H groups in total. The molecule has 4 heterocycles. The molecule has 59 heavy (non-hydrogen) atoms. The fourth-order valence-corrected chi connectivity index (χ4v) is 8.61. The van der Waals surface area contributed by atoms with Crippen LogP contribution in [0.3, 0.4) is 0 Å². The van der Waals surface area contributed by atoms with Crippen LogP contribution in [-0.4, -0.2) is 92.1 Å². The van der Waals surface area contributed by atoms with E-state index in [1.807, 2.05) is 93.4 Å². The lowest BCUT2D eigenvalue weighted by molar-refractivity contribution is -0.137. The number of hydrogen-bond donors (Lipinski definition) is 4. The molecule has 1 saturated carbocycles. The molecule has 2 aromatic heterocycles. The number of benzene rings is 2. The van der Waals surface area contributed by atoms with Crippen molar-refractivity contribution >= 4 is 24.0 Å². The second-order valence-electron chi connectivity index (χ2n) is 16.3. The number of H-pyrrole nitrogens is 2. The van der Waals surface area contributed by atoms with Crippen LogP contribution in [-0.2, 0) is 19.1 Å². The zero-order valence-corrected chi connectivity index (χ0v) is 33.8. The Morgan fingerprint density at radius 3 is 1.92 bits per heavy atom. The quantitative estimate of drug-likeness (QED) is 0.128. The Bertz CT molecular complexity index is 2400. The van der Waals surface area contributed by atoms with Gasteiger partial charge in [0.25, 0.3) is 0 Å². The molecule has 7 atom stereocenters. The minimum absolute atomic E-state index is 0.0766. The predicted octanol–water partition coefficient (Wildman–Crippen LogP) is 6.17. The fraction of sp³-hybridized carbons (Fsp3) is 0.409. The largest absolute Gasteiger partial charge is 0.453 e. The minimum Gasteiger partial charge on any atom is -0.453 e. The third-order valence-electron chi connectivity index (χ3n) is 12.0. The normalized spacial score (nSPS) is 22.2. The lowest BCUT2D eigenvalue weighted by Crippen LogP contribution is -2.53. The van der Waals surface area contributed by atoms with Gasteiger partial charge < -0.3 is 39.9 Å². The van der Waals surface area contributed by atoms with E-state index in [1.54, 1.807) is 4.90 Å². The molecule has 304 valence electrons. The Morgan fingerprint density at radius 2 is 1.37 bits per heavy atom. The summed E-state index contributed by atoms with van der Waals surface area (Å²) in [5.74, 6) is 0.874. The highest BCUT2D eigenvalue weighted by Gasteiger charge is 2.56. The number of alkyl carbamates (subject to hydrolysis) is 2. The van der Waals surface area contributed by atoms with Gasteiger partial charge in [-0.2, -0.15) is 5.26 Å². The smallest absolute Gasteiger partial charge is 0.407 e. The van der Waals surface area contributed by atoms with E-state index in [0.29, 0.717) is 35.4 Å². The summed E-state index contributed by atoms with van der Waals surface area (Å²) in [5, 5.41) is 15.5. The van der Waals surface area contributed by atoms with Gasteiger partial charge in [0.2, 0.25) is 11.8 Å². The van der Waals surface area contributed by atoms with Gasteiger partial charge in [-0.1, -0.05) is 76.2 Å². The van der Waals surface area contributed by atoms with E-state index in [-0.39, 0.29) is 47.8 Å². The molecule has 4 aliphatic rings. The number of nitrogens with one attached hydrogen (secondary N) is 4. The maximum Gasteiger partial charge on any atom is 0.407 e. The van der Waals surface area contributed by atoms with Gasteiger partial charge in [0.15, 0.2) is 0 Å². The predicted molar refractivity (Wildman–Crippen MR) is 216 cm³/mol. The number of carbonyl (C=O) groups excluding carboxylic acids is 4. The lowest BCUT2D eigenvalue weighted by Gasteiger charge is -2.33. The Morgan fingerprint density at radius 1 is 0.797 bits per heavy atom. The zero-order chi connectivity index (χ0) is 41.7. The number of nitrogens with zero attached hydrogens (tertiary/aromatic N) is 5. The molecule has 2 saturated heterocycles. The molecule has 0 radical (unpaired) electrons. The summed E-state index contributed by atoms with van der Waals surface area (Å²) in [6, 6.07) is 15.8. The number of fused-ring (bicyclic) bond motifs is 2. The number of imidazole rings is 2. The number of likely N-dealkylation sites (tertiary alicyclic amines) is 2. The average molecular weight is 798 g/mol. The summed E-state index contributed by atoms with van der Waals surface area (Å²) in [6.45, 7) is 7.53. The van der Waals surface area contributed by atoms with Crippen molar-refractivity contribution < 1.29 is 28.7 Å². The number of aromatic nitrogens is 4. The average Bonchev–Trinajstić information content (AvgIpc) is 3.59. The Balaban J connectivity index is 0.970. The van der Waals surface area contributed by atoms with E-state index in [1.165, 1.54) is 14.2 Å². The Hall–Kier alpha value is -6.65. The lowest BCUT2D eigenvalue weighted by atomic mass is 9.99. The number of carbonyl (C=O) groups is 4. The summed E-state index contributed by atoms with van der Waals surface area (Å²) in [5.41, 5.74) is 9.45. The highest BCUT2D eigenvalue weighted by molar-refractivity contribution is 5.88. The molecular formula is C44H47N9O6. The number of ether oxygens (including phenoxy) is 2. The van der Waals surface area contributed by atoms with Gasteiger partial charge in [-0.25, -0.2) is 19.6 Å². The van der Waals surface area contributed by atoms with Crippen molar-refractivity contribution in [2.24, 2.45) is 17.8 Å². The van der Waals surface area contributed by atoms with Gasteiger partial charge >= 0.3 is 12.2 Å². The molecule has 0 bridgehead atoms. The molecule has 2 unspecified atom stereocenters. The Labute approximate surface area is 341 Å². The highest BCUT2D eigenvalue weighted by Crippen LogP contribution is 2.53. The van der Waals surface area contributed by atoms with Gasteiger partial charge in [-0.3, -0.25) is 9.59 Å². The van der Waals surface area contributed by atoms with E-state index >= 15 is 0 Å².